The molecule has 9 rings (SSSR count). The molecule has 198 valence electrons. The number of nitrogens with zero attached hydrogens (tertiary/aromatic N) is 14. The number of fused-ring (bicyclic) bond motifs is 20. The fourth-order valence-electron chi connectivity index (χ4n) is 4.87. The van der Waals surface area contributed by atoms with Crippen LogP contribution in [0.2, 0.25) is 0 Å². The predicted molar refractivity (Wildman–Crippen MR) is 162 cm³/mol. The lowest BCUT2D eigenvalue weighted by atomic mass is 10.3. The van der Waals surface area contributed by atoms with Gasteiger partial charge in [0.2, 0.25) is 22.6 Å². The van der Waals surface area contributed by atoms with E-state index in [0.29, 0.717) is 90.7 Å². The summed E-state index contributed by atoms with van der Waals surface area (Å²) >= 11 is 4.27. The van der Waals surface area contributed by atoms with E-state index >= 15 is 0 Å². The van der Waals surface area contributed by atoms with Crippen molar-refractivity contribution in [2.24, 2.45) is 0 Å². The molecule has 7 aromatic rings. The number of nitrogens with one attached hydrogen (secondary N) is 2. The summed E-state index contributed by atoms with van der Waals surface area (Å²) in [6, 6.07) is 0. The van der Waals surface area contributed by atoms with Crippen LogP contribution in [-0.4, -0.2) is 69.8 Å². The molecule has 2 N–H and O–H groups in total. The van der Waals surface area contributed by atoms with Crippen LogP contribution in [0.1, 0.15) is 0 Å². The minimum absolute atomic E-state index is 0.448. The minimum atomic E-state index is 0.448. The van der Waals surface area contributed by atoms with Crippen LogP contribution in [-0.2, 0) is 0 Å². The summed E-state index contributed by atoms with van der Waals surface area (Å²) in [4.78, 5) is 63.0. The Hall–Kier alpha value is -4.86. The molecule has 7 aromatic heterocycles. The average molecular weight is 776 g/mol. The van der Waals surface area contributed by atoms with Gasteiger partial charge in [-0.15, -0.1) is 0 Å². The lowest BCUT2D eigenvalue weighted by Crippen LogP contribution is -2.22. The smallest absolute Gasteiger partial charge is 0.293 e. The normalized spacial score (nSPS) is 12.0. The molecule has 2 aliphatic heterocycles. The number of hydrogen-bond acceptors (Lipinski definition) is 12. The van der Waals surface area contributed by atoms with Crippen molar-refractivity contribution in [3.8, 4) is 46.1 Å². The molecule has 16 nitrogen and oxygen atoms in total. The van der Waals surface area contributed by atoms with E-state index in [1.165, 1.54) is 0 Å². The first-order valence-corrected chi connectivity index (χ1v) is 14.1. The molecule has 42 heavy (non-hydrogen) atoms. The van der Waals surface area contributed by atoms with Crippen molar-refractivity contribution in [1.82, 2.24) is 69.8 Å². The number of hydrogen-bond donors (Lipinski definition) is 2. The molecule has 0 spiro atoms. The number of rotatable bonds is 0. The molecule has 0 atom stereocenters. The zero-order valence-electron chi connectivity index (χ0n) is 20.6. The van der Waals surface area contributed by atoms with Crippen molar-refractivity contribution in [1.29, 1.82) is 0 Å². The summed E-state index contributed by atoms with van der Waals surface area (Å²) in [7, 11) is 0. The first-order valence-electron chi connectivity index (χ1n) is 12.2. The van der Waals surface area contributed by atoms with E-state index in [2.05, 4.69) is 95.6 Å². The van der Waals surface area contributed by atoms with Gasteiger partial charge >= 0.3 is 23.3 Å². The van der Waals surface area contributed by atoms with E-state index in [-0.39, 0.29) is 0 Å². The molecule has 9 heterocycles. The topological polar surface area (TPSA) is 194 Å². The van der Waals surface area contributed by atoms with Gasteiger partial charge in [-0.25, -0.2) is 39.9 Å². The lowest BCUT2D eigenvalue weighted by molar-refractivity contribution is -0.416. The van der Waals surface area contributed by atoms with E-state index in [1.807, 2.05) is 0 Å². The lowest BCUT2D eigenvalue weighted by Gasteiger charge is -1.89. The Morgan fingerprint density at radius 3 is 0.881 bits per heavy atom. The number of H-pyrrole nitrogens is 2. The highest BCUT2D eigenvalue weighted by Gasteiger charge is 2.35. The first kappa shape index (κ1) is 23.8. The summed E-state index contributed by atoms with van der Waals surface area (Å²) in [6.07, 6.45) is 12.9. The van der Waals surface area contributed by atoms with Crippen molar-refractivity contribution in [2.75, 3.05) is 0 Å². The van der Waals surface area contributed by atoms with Gasteiger partial charge in [0.25, 0.3) is 0 Å². The van der Waals surface area contributed by atoms with Crippen LogP contribution in [0.3, 0.4) is 0 Å². The maximum Gasteiger partial charge on any atom is 0.302 e. The highest BCUT2D eigenvalue weighted by atomic mass is 127. The van der Waals surface area contributed by atoms with Crippen LogP contribution >= 0.6 is 45.7 Å². The third-order valence-corrected chi connectivity index (χ3v) is 8.45. The third-order valence-electron chi connectivity index (χ3n) is 6.63. The van der Waals surface area contributed by atoms with E-state index in [4.69, 9.17) is 19.9 Å². The highest BCUT2D eigenvalue weighted by Crippen LogP contribution is 2.32. The third kappa shape index (κ3) is 3.32. The highest BCUT2D eigenvalue weighted by molar-refractivity contribution is 14.1. The van der Waals surface area contributed by atoms with Gasteiger partial charge in [0.05, 0.1) is 0 Å². The molecule has 0 saturated heterocycles. The van der Waals surface area contributed by atoms with E-state index in [0.717, 1.165) is 0 Å². The van der Waals surface area contributed by atoms with E-state index in [9.17, 15) is 0 Å². The molecule has 0 amide bonds. The molecule has 0 aromatic carbocycles. The summed E-state index contributed by atoms with van der Waals surface area (Å²) < 4.78 is 3.58. The van der Waals surface area contributed by atoms with Crippen LogP contribution in [0.5, 0.6) is 0 Å². The predicted octanol–water partition coefficient (Wildman–Crippen LogP) is 2.21. The number of halogens is 2. The van der Waals surface area contributed by atoms with Crippen molar-refractivity contribution in [2.45, 2.75) is 0 Å². The van der Waals surface area contributed by atoms with Gasteiger partial charge in [-0.2, -0.15) is 5.56 Å². The zero-order valence-corrected chi connectivity index (χ0v) is 25.0. The molecule has 0 aliphatic carbocycles. The van der Waals surface area contributed by atoms with Gasteiger partial charge in [0.1, 0.15) is 0 Å². The van der Waals surface area contributed by atoms with Gasteiger partial charge < -0.3 is 0 Å². The molecule has 18 heteroatoms. The first-order chi connectivity index (χ1) is 20.7. The second-order valence-electron chi connectivity index (χ2n) is 8.96. The van der Waals surface area contributed by atoms with Crippen LogP contribution in [0.4, 0.5) is 0 Å². The Morgan fingerprint density at radius 2 is 0.619 bits per heavy atom. The van der Waals surface area contributed by atoms with E-state index < -0.39 is 0 Å². The second-order valence-corrected chi connectivity index (χ2v) is 10.9. The van der Waals surface area contributed by atoms with Crippen molar-refractivity contribution in [3.05, 3.63) is 49.6 Å². The van der Waals surface area contributed by atoms with Crippen molar-refractivity contribution < 1.29 is 5.56 Å². The van der Waals surface area contributed by atoms with Crippen molar-refractivity contribution >= 4 is 90.4 Å². The zero-order chi connectivity index (χ0) is 27.9. The molecule has 2 aliphatic rings. The van der Waals surface area contributed by atoms with Crippen LogP contribution in [0.25, 0.3) is 90.7 Å². The Kier molecular flexibility index (Phi) is 5.00. The van der Waals surface area contributed by atoms with Gasteiger partial charge in [0.15, 0.2) is 90.6 Å². The summed E-state index contributed by atoms with van der Waals surface area (Å²) in [5.41, 5.74) is 6.16. The SMILES string of the molecule is I[n+]1c2nc3[nH]c(nc4[n+](I)c(nc5[nH]c(nc1-c1nccnc1-2)c1nccnc51)-c1nccnc1-4)c1nccnc31. The second kappa shape index (κ2) is 8.82. The molecular formula is C24H10I2N16+2. The molecule has 8 bridgehead atoms. The number of aromatic amines is 2. The average Bonchev–Trinajstić information content (AvgIpc) is 3.71. The van der Waals surface area contributed by atoms with Gasteiger partial charge in [-0.1, -0.05) is 19.9 Å². The van der Waals surface area contributed by atoms with Gasteiger partial charge in [0, 0.05) is 49.6 Å². The Morgan fingerprint density at radius 1 is 0.381 bits per heavy atom. The van der Waals surface area contributed by atoms with Gasteiger partial charge in [-0.3, -0.25) is 9.97 Å². The van der Waals surface area contributed by atoms with Gasteiger partial charge in [-0.05, 0) is 0 Å². The molecule has 0 radical (unpaired) electrons. The Balaban J connectivity index is 1.55. The van der Waals surface area contributed by atoms with Crippen LogP contribution < -0.4 is 5.56 Å². The van der Waals surface area contributed by atoms with Crippen molar-refractivity contribution in [3.63, 3.8) is 0 Å². The van der Waals surface area contributed by atoms with Crippen LogP contribution in [0, 0.1) is 0 Å². The Labute approximate surface area is 259 Å². The fourth-order valence-corrected chi connectivity index (χ4v) is 6.21. The fraction of sp³-hybridized carbons (Fsp3) is 0. The summed E-state index contributed by atoms with van der Waals surface area (Å²) in [5, 5.41) is 0. The summed E-state index contributed by atoms with van der Waals surface area (Å²) in [6.45, 7) is 0. The monoisotopic (exact) mass is 776 g/mol. The largest absolute Gasteiger partial charge is 0.302 e. The molecule has 0 saturated carbocycles. The number of aromatic nitrogens is 16. The molecular weight excluding hydrogens is 766 g/mol. The van der Waals surface area contributed by atoms with E-state index in [1.54, 1.807) is 55.1 Å². The Bertz CT molecular complexity index is 2140. The summed E-state index contributed by atoms with van der Waals surface area (Å²) in [5.74, 6) is 2.03. The molecule has 0 fully saturated rings. The molecule has 0 unspecified atom stereocenters. The van der Waals surface area contributed by atoms with Crippen LogP contribution in [0.15, 0.2) is 49.6 Å². The minimum Gasteiger partial charge on any atom is -0.293 e. The maximum atomic E-state index is 4.95. The standard InChI is InChI=1S/C24H8I2N16/c25-41-21-13-14(32-6-5-31-13)23(41)39-19-11-12(30-4-3-29-11)20(36-19)40-24-16-15(33-7-8-34-16)22(42(24)26)38-18-10-9(17(35-18)37-21)27-1-2-28-10/h1-8H/p+2. The maximum absolute atomic E-state index is 4.95. The quantitative estimate of drug-likeness (QED) is 0.214.